The minimum absolute atomic E-state index is 0.121. The van der Waals surface area contributed by atoms with Gasteiger partial charge in [-0.05, 0) is 44.0 Å². The monoisotopic (exact) mass is 294 g/mol. The number of carbonyl (C=O) groups excluding carboxylic acids is 1. The third kappa shape index (κ3) is 4.80. The Morgan fingerprint density at radius 1 is 1.20 bits per heavy atom. The number of piperidine rings is 1. The van der Waals surface area contributed by atoms with E-state index in [4.69, 9.17) is 11.6 Å². The highest BCUT2D eigenvalue weighted by molar-refractivity contribution is 6.30. The normalized spacial score (nSPS) is 17.7. The van der Waals surface area contributed by atoms with Gasteiger partial charge in [0.2, 0.25) is 5.91 Å². The number of hydrogen-bond acceptors (Lipinski definition) is 2. The van der Waals surface area contributed by atoms with Crippen LogP contribution in [0.4, 0.5) is 0 Å². The van der Waals surface area contributed by atoms with E-state index in [-0.39, 0.29) is 5.91 Å². The van der Waals surface area contributed by atoms with Crippen molar-refractivity contribution in [1.29, 1.82) is 0 Å². The number of alkyl halides is 1. The van der Waals surface area contributed by atoms with Gasteiger partial charge in [-0.1, -0.05) is 30.7 Å². The molecule has 1 saturated heterocycles. The van der Waals surface area contributed by atoms with Crippen molar-refractivity contribution < 1.29 is 4.79 Å². The zero-order valence-corrected chi connectivity index (χ0v) is 12.8. The van der Waals surface area contributed by atoms with Gasteiger partial charge in [-0.3, -0.25) is 9.69 Å². The lowest BCUT2D eigenvalue weighted by Crippen LogP contribution is -2.29. The van der Waals surface area contributed by atoms with Crippen LogP contribution in [-0.4, -0.2) is 29.3 Å². The van der Waals surface area contributed by atoms with Gasteiger partial charge >= 0.3 is 0 Å². The molecule has 2 rings (SSSR count). The first-order valence-corrected chi connectivity index (χ1v) is 7.81. The van der Waals surface area contributed by atoms with Crippen LogP contribution in [0.1, 0.15) is 37.3 Å². The lowest BCUT2D eigenvalue weighted by atomic mass is 10.1. The summed E-state index contributed by atoms with van der Waals surface area (Å²) < 4.78 is 0. The van der Waals surface area contributed by atoms with Crippen LogP contribution in [0.3, 0.4) is 0 Å². The summed E-state index contributed by atoms with van der Waals surface area (Å²) in [5, 5.41) is 2.34. The van der Waals surface area contributed by atoms with Crippen LogP contribution in [0.2, 0.25) is 0 Å². The molecule has 1 aliphatic rings. The van der Waals surface area contributed by atoms with E-state index in [0.29, 0.717) is 6.54 Å². The molecule has 20 heavy (non-hydrogen) atoms. The molecule has 0 radical (unpaired) electrons. The first kappa shape index (κ1) is 15.3. The standard InChI is InChI=1S/C16H23ClN2O/c1-13(17)16(20)18-11-14-5-7-15(8-6-14)12-19-9-3-2-4-10-19/h5-8,13H,2-4,9-12H2,1H3,(H,18,20). The molecule has 1 aromatic carbocycles. The summed E-state index contributed by atoms with van der Waals surface area (Å²) in [4.78, 5) is 13.9. The van der Waals surface area contributed by atoms with E-state index in [0.717, 1.165) is 12.1 Å². The van der Waals surface area contributed by atoms with Crippen molar-refractivity contribution in [3.05, 3.63) is 35.4 Å². The number of benzene rings is 1. The fourth-order valence-electron chi connectivity index (χ4n) is 2.47. The first-order valence-electron chi connectivity index (χ1n) is 7.37. The second-order valence-electron chi connectivity index (χ2n) is 5.49. The maximum absolute atomic E-state index is 11.4. The van der Waals surface area contributed by atoms with E-state index in [1.165, 1.54) is 37.9 Å². The van der Waals surface area contributed by atoms with Crippen LogP contribution in [0.5, 0.6) is 0 Å². The average Bonchev–Trinajstić information content (AvgIpc) is 2.47. The number of nitrogens with zero attached hydrogens (tertiary/aromatic N) is 1. The molecule has 1 unspecified atom stereocenters. The Labute approximate surface area is 126 Å². The highest BCUT2D eigenvalue weighted by atomic mass is 35.5. The number of likely N-dealkylation sites (tertiary alicyclic amines) is 1. The Bertz CT molecular complexity index is 425. The summed E-state index contributed by atoms with van der Waals surface area (Å²) in [6.07, 6.45) is 4.01. The van der Waals surface area contributed by atoms with Gasteiger partial charge in [0.05, 0.1) is 0 Å². The molecule has 1 aromatic rings. The summed E-state index contributed by atoms with van der Waals surface area (Å²) in [6, 6.07) is 8.47. The third-order valence-corrected chi connectivity index (χ3v) is 3.90. The SMILES string of the molecule is CC(Cl)C(=O)NCc1ccc(CN2CCCCC2)cc1. The van der Waals surface area contributed by atoms with Crippen LogP contribution in [0.15, 0.2) is 24.3 Å². The third-order valence-electron chi connectivity index (χ3n) is 3.71. The lowest BCUT2D eigenvalue weighted by molar-refractivity contribution is -0.120. The Morgan fingerprint density at radius 3 is 2.40 bits per heavy atom. The van der Waals surface area contributed by atoms with E-state index in [9.17, 15) is 4.79 Å². The maximum Gasteiger partial charge on any atom is 0.238 e. The van der Waals surface area contributed by atoms with Crippen molar-refractivity contribution in [2.45, 2.75) is 44.7 Å². The lowest BCUT2D eigenvalue weighted by Gasteiger charge is -2.26. The van der Waals surface area contributed by atoms with Crippen molar-refractivity contribution in [3.8, 4) is 0 Å². The number of hydrogen-bond donors (Lipinski definition) is 1. The minimum atomic E-state index is -0.478. The molecule has 1 amide bonds. The largest absolute Gasteiger partial charge is 0.351 e. The zero-order chi connectivity index (χ0) is 14.4. The number of halogens is 1. The van der Waals surface area contributed by atoms with Gasteiger partial charge in [-0.25, -0.2) is 0 Å². The molecular weight excluding hydrogens is 272 g/mol. The topological polar surface area (TPSA) is 32.3 Å². The molecule has 1 atom stereocenters. The van der Waals surface area contributed by atoms with Crippen molar-refractivity contribution in [2.75, 3.05) is 13.1 Å². The van der Waals surface area contributed by atoms with E-state index in [1.807, 2.05) is 0 Å². The molecule has 0 saturated carbocycles. The van der Waals surface area contributed by atoms with E-state index < -0.39 is 5.38 Å². The van der Waals surface area contributed by atoms with Gasteiger partial charge in [0.15, 0.2) is 0 Å². The van der Waals surface area contributed by atoms with Crippen LogP contribution in [0.25, 0.3) is 0 Å². The summed E-state index contributed by atoms with van der Waals surface area (Å²) in [5.41, 5.74) is 2.45. The van der Waals surface area contributed by atoms with E-state index >= 15 is 0 Å². The molecule has 1 fully saturated rings. The van der Waals surface area contributed by atoms with Gasteiger partial charge in [-0.15, -0.1) is 11.6 Å². The van der Waals surface area contributed by atoms with Crippen molar-refractivity contribution in [1.82, 2.24) is 10.2 Å². The van der Waals surface area contributed by atoms with Crippen LogP contribution in [0, 0.1) is 0 Å². The van der Waals surface area contributed by atoms with Gasteiger partial charge in [0.1, 0.15) is 5.38 Å². The number of nitrogens with one attached hydrogen (secondary N) is 1. The van der Waals surface area contributed by atoms with E-state index in [2.05, 4.69) is 34.5 Å². The molecule has 1 N–H and O–H groups in total. The molecule has 0 bridgehead atoms. The minimum Gasteiger partial charge on any atom is -0.351 e. The molecule has 110 valence electrons. The van der Waals surface area contributed by atoms with Crippen LogP contribution in [-0.2, 0) is 17.9 Å². The zero-order valence-electron chi connectivity index (χ0n) is 12.1. The van der Waals surface area contributed by atoms with Crippen LogP contribution >= 0.6 is 11.6 Å². The molecule has 0 spiro atoms. The molecule has 0 aromatic heterocycles. The fraction of sp³-hybridized carbons (Fsp3) is 0.562. The van der Waals surface area contributed by atoms with Gasteiger partial charge in [0, 0.05) is 13.1 Å². The quantitative estimate of drug-likeness (QED) is 0.847. The molecule has 1 heterocycles. The molecule has 4 heteroatoms. The number of carbonyl (C=O) groups is 1. The Kier molecular flexibility index (Phi) is 5.86. The smallest absolute Gasteiger partial charge is 0.238 e. The predicted molar refractivity (Wildman–Crippen MR) is 82.7 cm³/mol. The predicted octanol–water partition coefficient (Wildman–Crippen LogP) is 2.92. The van der Waals surface area contributed by atoms with Crippen molar-refractivity contribution >= 4 is 17.5 Å². The highest BCUT2D eigenvalue weighted by Crippen LogP contribution is 2.13. The Morgan fingerprint density at radius 2 is 1.80 bits per heavy atom. The van der Waals surface area contributed by atoms with Gasteiger partial charge in [-0.2, -0.15) is 0 Å². The molecular formula is C16H23ClN2O. The maximum atomic E-state index is 11.4. The van der Waals surface area contributed by atoms with Crippen molar-refractivity contribution in [3.63, 3.8) is 0 Å². The highest BCUT2D eigenvalue weighted by Gasteiger charge is 2.10. The van der Waals surface area contributed by atoms with Crippen LogP contribution < -0.4 is 5.32 Å². The number of amides is 1. The molecule has 3 nitrogen and oxygen atoms in total. The summed E-state index contributed by atoms with van der Waals surface area (Å²) >= 11 is 5.71. The molecule has 1 aliphatic heterocycles. The Hall–Kier alpha value is -1.06. The average molecular weight is 295 g/mol. The van der Waals surface area contributed by atoms with Gasteiger partial charge in [0.25, 0.3) is 0 Å². The number of rotatable bonds is 5. The first-order chi connectivity index (χ1) is 9.65. The summed E-state index contributed by atoms with van der Waals surface area (Å²) in [5.74, 6) is -0.121. The summed E-state index contributed by atoms with van der Waals surface area (Å²) in [7, 11) is 0. The summed E-state index contributed by atoms with van der Waals surface area (Å²) in [6.45, 7) is 5.68. The Balaban J connectivity index is 1.81. The second-order valence-corrected chi connectivity index (χ2v) is 6.14. The molecule has 0 aliphatic carbocycles. The van der Waals surface area contributed by atoms with Gasteiger partial charge < -0.3 is 5.32 Å². The second kappa shape index (κ2) is 7.65. The van der Waals surface area contributed by atoms with Crippen molar-refractivity contribution in [2.24, 2.45) is 0 Å². The fourth-order valence-corrected chi connectivity index (χ4v) is 2.55. The van der Waals surface area contributed by atoms with E-state index in [1.54, 1.807) is 6.92 Å².